The Balaban J connectivity index is 1.60. The van der Waals surface area contributed by atoms with Crippen LogP contribution in [0.25, 0.3) is 0 Å². The number of benzene rings is 2. The molecule has 2 aliphatic rings. The smallest absolute Gasteiger partial charge is 0.411 e. The Morgan fingerprint density at radius 3 is 2.44 bits per heavy atom. The number of ether oxygens (including phenoxy) is 1. The minimum Gasteiger partial charge on any atom is -0.479 e. The van der Waals surface area contributed by atoms with E-state index in [2.05, 4.69) is 0 Å². The molecule has 1 saturated carbocycles. The number of carbonyl (C=O) groups excluding carboxylic acids is 1. The van der Waals surface area contributed by atoms with Crippen molar-refractivity contribution in [2.75, 3.05) is 6.54 Å². The molecule has 1 fully saturated rings. The van der Waals surface area contributed by atoms with Gasteiger partial charge >= 0.3 is 12.1 Å². The van der Waals surface area contributed by atoms with E-state index < -0.39 is 18.1 Å². The molecule has 0 bridgehead atoms. The fraction of sp³-hybridized carbons (Fsp3) is 0.300. The number of hydrogen-bond acceptors (Lipinski definition) is 3. The molecule has 1 heterocycles. The lowest BCUT2D eigenvalue weighted by molar-refractivity contribution is -0.143. The van der Waals surface area contributed by atoms with Gasteiger partial charge in [0.1, 0.15) is 6.61 Å². The van der Waals surface area contributed by atoms with Crippen molar-refractivity contribution in [2.24, 2.45) is 0 Å². The molecule has 25 heavy (non-hydrogen) atoms. The maximum Gasteiger partial charge on any atom is 0.411 e. The maximum atomic E-state index is 12.7. The first-order chi connectivity index (χ1) is 12.1. The largest absolute Gasteiger partial charge is 0.479 e. The highest BCUT2D eigenvalue weighted by Gasteiger charge is 2.54. The third-order valence-corrected chi connectivity index (χ3v) is 5.14. The lowest BCUT2D eigenvalue weighted by Crippen LogP contribution is -2.47. The number of amides is 1. The molecular weight excluding hydrogens is 318 g/mol. The molecule has 2 aromatic rings. The van der Waals surface area contributed by atoms with E-state index in [1.54, 1.807) is 0 Å². The highest BCUT2D eigenvalue weighted by Crippen LogP contribution is 2.54. The van der Waals surface area contributed by atoms with E-state index in [9.17, 15) is 14.7 Å². The van der Waals surface area contributed by atoms with Crippen LogP contribution in [-0.2, 0) is 21.6 Å². The van der Waals surface area contributed by atoms with E-state index in [4.69, 9.17) is 4.74 Å². The highest BCUT2D eigenvalue weighted by atomic mass is 16.6. The molecular formula is C20H19NO4. The standard InChI is InChI=1S/C20H19NO4/c22-18(23)17-15-8-4-5-9-16(15)20(10-11-20)13-21(17)19(24)25-12-14-6-2-1-3-7-14/h1-9,17H,10-13H2,(H,22,23). The third-order valence-electron chi connectivity index (χ3n) is 5.14. The average molecular weight is 337 g/mol. The molecule has 1 amide bonds. The molecule has 1 aliphatic heterocycles. The minimum atomic E-state index is -1.03. The van der Waals surface area contributed by atoms with Crippen LogP contribution in [0.15, 0.2) is 54.6 Å². The van der Waals surface area contributed by atoms with Gasteiger partial charge in [-0.3, -0.25) is 4.90 Å². The van der Waals surface area contributed by atoms with Crippen LogP contribution in [-0.4, -0.2) is 28.6 Å². The fourth-order valence-corrected chi connectivity index (χ4v) is 3.71. The first-order valence-corrected chi connectivity index (χ1v) is 8.40. The molecule has 4 rings (SSSR count). The number of carbonyl (C=O) groups is 2. The van der Waals surface area contributed by atoms with Gasteiger partial charge in [-0.2, -0.15) is 0 Å². The zero-order valence-electron chi connectivity index (χ0n) is 13.7. The van der Waals surface area contributed by atoms with Crippen molar-refractivity contribution < 1.29 is 19.4 Å². The summed E-state index contributed by atoms with van der Waals surface area (Å²) in [7, 11) is 0. The summed E-state index contributed by atoms with van der Waals surface area (Å²) >= 11 is 0. The normalized spacial score (nSPS) is 20.0. The summed E-state index contributed by atoms with van der Waals surface area (Å²) in [6, 6.07) is 15.9. The van der Waals surface area contributed by atoms with Gasteiger partial charge in [-0.05, 0) is 29.5 Å². The van der Waals surface area contributed by atoms with E-state index in [-0.39, 0.29) is 12.0 Å². The summed E-state index contributed by atoms with van der Waals surface area (Å²) in [6.07, 6.45) is 1.37. The lowest BCUT2D eigenvalue weighted by Gasteiger charge is -2.38. The lowest BCUT2D eigenvalue weighted by atomic mass is 9.83. The average Bonchev–Trinajstić information content (AvgIpc) is 3.40. The van der Waals surface area contributed by atoms with Gasteiger partial charge in [-0.1, -0.05) is 54.6 Å². The van der Waals surface area contributed by atoms with Crippen LogP contribution in [0.2, 0.25) is 0 Å². The van der Waals surface area contributed by atoms with Gasteiger partial charge in [0.2, 0.25) is 0 Å². The molecule has 1 atom stereocenters. The van der Waals surface area contributed by atoms with Gasteiger partial charge in [-0.25, -0.2) is 9.59 Å². The molecule has 1 unspecified atom stereocenters. The van der Waals surface area contributed by atoms with Gasteiger partial charge < -0.3 is 9.84 Å². The van der Waals surface area contributed by atoms with Crippen molar-refractivity contribution in [3.63, 3.8) is 0 Å². The Kier molecular flexibility index (Phi) is 3.71. The summed E-state index contributed by atoms with van der Waals surface area (Å²) in [6.45, 7) is 0.533. The van der Waals surface area contributed by atoms with Gasteiger partial charge in [-0.15, -0.1) is 0 Å². The molecule has 0 saturated heterocycles. The molecule has 0 radical (unpaired) electrons. The Morgan fingerprint density at radius 2 is 1.76 bits per heavy atom. The van der Waals surface area contributed by atoms with Crippen LogP contribution in [0.1, 0.15) is 35.6 Å². The summed E-state index contributed by atoms with van der Waals surface area (Å²) in [5, 5.41) is 9.73. The quantitative estimate of drug-likeness (QED) is 0.931. The second kappa shape index (κ2) is 5.92. The molecule has 2 aromatic carbocycles. The molecule has 1 aliphatic carbocycles. The highest BCUT2D eigenvalue weighted by molar-refractivity contribution is 5.83. The molecule has 128 valence electrons. The van der Waals surface area contributed by atoms with E-state index in [1.165, 1.54) is 4.90 Å². The van der Waals surface area contributed by atoms with Crippen LogP contribution in [0, 0.1) is 0 Å². The summed E-state index contributed by atoms with van der Waals surface area (Å²) in [5.74, 6) is -1.03. The van der Waals surface area contributed by atoms with Crippen LogP contribution >= 0.6 is 0 Å². The first kappa shape index (κ1) is 15.7. The fourth-order valence-electron chi connectivity index (χ4n) is 3.71. The van der Waals surface area contributed by atoms with Gasteiger partial charge in [0.15, 0.2) is 6.04 Å². The van der Waals surface area contributed by atoms with Crippen LogP contribution < -0.4 is 0 Å². The van der Waals surface area contributed by atoms with Crippen LogP contribution in [0.3, 0.4) is 0 Å². The number of hydrogen-bond donors (Lipinski definition) is 1. The van der Waals surface area contributed by atoms with Crippen molar-refractivity contribution in [3.8, 4) is 0 Å². The monoisotopic (exact) mass is 337 g/mol. The predicted octanol–water partition coefficient (Wildman–Crippen LogP) is 3.50. The van der Waals surface area contributed by atoms with Gasteiger partial charge in [0, 0.05) is 12.0 Å². The Morgan fingerprint density at radius 1 is 1.08 bits per heavy atom. The summed E-state index contributed by atoms with van der Waals surface area (Å²) in [5.41, 5.74) is 2.54. The van der Waals surface area contributed by atoms with Crippen molar-refractivity contribution in [2.45, 2.75) is 30.9 Å². The van der Waals surface area contributed by atoms with Crippen molar-refractivity contribution >= 4 is 12.1 Å². The molecule has 1 spiro atoms. The number of carboxylic acid groups (broad SMARTS) is 1. The number of carboxylic acids is 1. The second-order valence-electron chi connectivity index (χ2n) is 6.78. The van der Waals surface area contributed by atoms with Crippen molar-refractivity contribution in [1.29, 1.82) is 0 Å². The van der Waals surface area contributed by atoms with E-state index in [0.29, 0.717) is 12.1 Å². The zero-order valence-corrected chi connectivity index (χ0v) is 13.7. The maximum absolute atomic E-state index is 12.7. The SMILES string of the molecule is O=C(O)C1c2ccccc2C2(CC2)CN1C(=O)OCc1ccccc1. The molecule has 5 heteroatoms. The summed E-state index contributed by atoms with van der Waals surface area (Å²) < 4.78 is 5.41. The number of nitrogens with zero attached hydrogens (tertiary/aromatic N) is 1. The molecule has 0 aromatic heterocycles. The topological polar surface area (TPSA) is 66.8 Å². The molecule has 1 N–H and O–H groups in total. The van der Waals surface area contributed by atoms with Gasteiger partial charge in [0.25, 0.3) is 0 Å². The third kappa shape index (κ3) is 2.76. The van der Waals surface area contributed by atoms with Crippen molar-refractivity contribution in [1.82, 2.24) is 4.90 Å². The Labute approximate surface area is 145 Å². The number of fused-ring (bicyclic) bond motifs is 2. The first-order valence-electron chi connectivity index (χ1n) is 8.40. The molecule has 5 nitrogen and oxygen atoms in total. The van der Waals surface area contributed by atoms with Crippen LogP contribution in [0.4, 0.5) is 4.79 Å². The van der Waals surface area contributed by atoms with Crippen molar-refractivity contribution in [3.05, 3.63) is 71.3 Å². The van der Waals surface area contributed by atoms with E-state index in [0.717, 1.165) is 24.0 Å². The number of rotatable bonds is 3. The minimum absolute atomic E-state index is 0.103. The van der Waals surface area contributed by atoms with Crippen LogP contribution in [0.5, 0.6) is 0 Å². The van der Waals surface area contributed by atoms with Gasteiger partial charge in [0.05, 0.1) is 0 Å². The summed E-state index contributed by atoms with van der Waals surface area (Å²) in [4.78, 5) is 25.9. The number of aliphatic carboxylic acids is 1. The Bertz CT molecular complexity index is 813. The Hall–Kier alpha value is -2.82. The van der Waals surface area contributed by atoms with E-state index in [1.807, 2.05) is 54.6 Å². The van der Waals surface area contributed by atoms with E-state index >= 15 is 0 Å². The second-order valence-corrected chi connectivity index (χ2v) is 6.78. The zero-order chi connectivity index (χ0) is 17.4. The predicted molar refractivity (Wildman–Crippen MR) is 91.1 cm³/mol.